The molecule has 0 atom stereocenters. The smallest absolute Gasteiger partial charge is 0.226 e. The second kappa shape index (κ2) is 7.63. The number of aromatic nitrogens is 4. The van der Waals surface area contributed by atoms with Gasteiger partial charge in [0, 0.05) is 25.2 Å². The highest BCUT2D eigenvalue weighted by Gasteiger charge is 2.12. The van der Waals surface area contributed by atoms with E-state index in [0.29, 0.717) is 24.1 Å². The van der Waals surface area contributed by atoms with Gasteiger partial charge in [0.05, 0.1) is 11.6 Å². The number of rotatable bonds is 6. The second-order valence-electron chi connectivity index (χ2n) is 6.19. The van der Waals surface area contributed by atoms with Crippen molar-refractivity contribution in [2.24, 2.45) is 7.05 Å². The lowest BCUT2D eigenvalue weighted by molar-refractivity contribution is 0.785. The fraction of sp³-hybridized carbons (Fsp3) is 0.150. The van der Waals surface area contributed by atoms with Gasteiger partial charge in [0.15, 0.2) is 5.65 Å². The van der Waals surface area contributed by atoms with Crippen molar-refractivity contribution in [3.8, 4) is 0 Å². The van der Waals surface area contributed by atoms with Crippen molar-refractivity contribution in [2.75, 3.05) is 10.6 Å². The lowest BCUT2D eigenvalue weighted by atomic mass is 10.2. The first-order chi connectivity index (χ1) is 13.2. The summed E-state index contributed by atoms with van der Waals surface area (Å²) < 4.78 is 1.74. The first-order valence-electron chi connectivity index (χ1n) is 8.65. The van der Waals surface area contributed by atoms with Crippen LogP contribution in [0.2, 0.25) is 5.02 Å². The topological polar surface area (TPSA) is 67.7 Å². The molecule has 2 N–H and O–H groups in total. The predicted octanol–water partition coefficient (Wildman–Crippen LogP) is 4.24. The van der Waals surface area contributed by atoms with E-state index in [1.165, 1.54) is 5.56 Å². The normalized spacial score (nSPS) is 10.9. The summed E-state index contributed by atoms with van der Waals surface area (Å²) in [6, 6.07) is 17.9. The first-order valence-corrected chi connectivity index (χ1v) is 9.03. The molecule has 136 valence electrons. The predicted molar refractivity (Wildman–Crippen MR) is 109 cm³/mol. The SMILES string of the molecule is Cn1ncc2c(NCc3ccccc3)nc(NCc3ccccc3Cl)nc21. The van der Waals surface area contributed by atoms with Crippen molar-refractivity contribution in [2.45, 2.75) is 13.1 Å². The number of nitrogens with one attached hydrogen (secondary N) is 2. The van der Waals surface area contributed by atoms with E-state index in [1.54, 1.807) is 10.9 Å². The van der Waals surface area contributed by atoms with Gasteiger partial charge < -0.3 is 10.6 Å². The Kier molecular flexibility index (Phi) is 4.89. The third-order valence-electron chi connectivity index (χ3n) is 4.29. The second-order valence-corrected chi connectivity index (χ2v) is 6.59. The van der Waals surface area contributed by atoms with E-state index in [2.05, 4.69) is 37.8 Å². The van der Waals surface area contributed by atoms with Crippen LogP contribution in [0.4, 0.5) is 11.8 Å². The highest BCUT2D eigenvalue weighted by atomic mass is 35.5. The van der Waals surface area contributed by atoms with E-state index in [0.717, 1.165) is 22.4 Å². The maximum atomic E-state index is 6.23. The van der Waals surface area contributed by atoms with Gasteiger partial charge in [-0.05, 0) is 17.2 Å². The summed E-state index contributed by atoms with van der Waals surface area (Å²) in [7, 11) is 1.87. The molecule has 0 spiro atoms. The Labute approximate surface area is 162 Å². The molecule has 0 fully saturated rings. The zero-order valence-corrected chi connectivity index (χ0v) is 15.6. The Morgan fingerprint density at radius 1 is 0.926 bits per heavy atom. The summed E-state index contributed by atoms with van der Waals surface area (Å²) >= 11 is 6.23. The number of hydrogen-bond donors (Lipinski definition) is 2. The highest BCUT2D eigenvalue weighted by Crippen LogP contribution is 2.23. The number of halogens is 1. The molecule has 0 aliphatic carbocycles. The average molecular weight is 379 g/mol. The van der Waals surface area contributed by atoms with Crippen LogP contribution in [0.1, 0.15) is 11.1 Å². The molecule has 4 rings (SSSR count). The van der Waals surface area contributed by atoms with Gasteiger partial charge in [0.2, 0.25) is 5.95 Å². The van der Waals surface area contributed by atoms with Crippen LogP contribution in [0, 0.1) is 0 Å². The molecule has 4 aromatic rings. The molecule has 0 aliphatic rings. The molecule has 0 saturated carbocycles. The minimum absolute atomic E-state index is 0.529. The Balaban J connectivity index is 1.59. The van der Waals surface area contributed by atoms with Gasteiger partial charge in [-0.3, -0.25) is 4.68 Å². The zero-order valence-electron chi connectivity index (χ0n) is 14.9. The van der Waals surface area contributed by atoms with Crippen molar-refractivity contribution in [3.63, 3.8) is 0 Å². The van der Waals surface area contributed by atoms with Crippen LogP contribution < -0.4 is 10.6 Å². The van der Waals surface area contributed by atoms with Gasteiger partial charge in [0.1, 0.15) is 5.82 Å². The molecule has 7 heteroatoms. The molecule has 0 amide bonds. The van der Waals surface area contributed by atoms with Crippen molar-refractivity contribution >= 4 is 34.4 Å². The maximum absolute atomic E-state index is 6.23. The number of benzene rings is 2. The van der Waals surface area contributed by atoms with Crippen LogP contribution >= 0.6 is 11.6 Å². The largest absolute Gasteiger partial charge is 0.365 e. The molecule has 0 radical (unpaired) electrons. The van der Waals surface area contributed by atoms with Crippen LogP contribution in [0.25, 0.3) is 11.0 Å². The Hall–Kier alpha value is -3.12. The van der Waals surface area contributed by atoms with Gasteiger partial charge in [-0.25, -0.2) is 0 Å². The number of hydrogen-bond acceptors (Lipinski definition) is 5. The molecule has 2 heterocycles. The maximum Gasteiger partial charge on any atom is 0.226 e. The van der Waals surface area contributed by atoms with Gasteiger partial charge in [-0.15, -0.1) is 0 Å². The highest BCUT2D eigenvalue weighted by molar-refractivity contribution is 6.31. The zero-order chi connectivity index (χ0) is 18.6. The fourth-order valence-corrected chi connectivity index (χ4v) is 3.04. The van der Waals surface area contributed by atoms with E-state index >= 15 is 0 Å². The van der Waals surface area contributed by atoms with Gasteiger partial charge in [0.25, 0.3) is 0 Å². The minimum Gasteiger partial charge on any atom is -0.365 e. The molecule has 27 heavy (non-hydrogen) atoms. The summed E-state index contributed by atoms with van der Waals surface area (Å²) in [6.45, 7) is 1.22. The Morgan fingerprint density at radius 2 is 1.70 bits per heavy atom. The van der Waals surface area contributed by atoms with Gasteiger partial charge >= 0.3 is 0 Å². The quantitative estimate of drug-likeness (QED) is 0.525. The number of nitrogens with zero attached hydrogens (tertiary/aromatic N) is 4. The van der Waals surface area contributed by atoms with Gasteiger partial charge in [-0.2, -0.15) is 15.1 Å². The van der Waals surface area contributed by atoms with Gasteiger partial charge in [-0.1, -0.05) is 60.1 Å². The van der Waals surface area contributed by atoms with Crippen LogP contribution in [0.15, 0.2) is 60.8 Å². The van der Waals surface area contributed by atoms with E-state index in [4.69, 9.17) is 11.6 Å². The molecular formula is C20H19ClN6. The van der Waals surface area contributed by atoms with Crippen molar-refractivity contribution in [1.29, 1.82) is 0 Å². The molecular weight excluding hydrogens is 360 g/mol. The minimum atomic E-state index is 0.529. The summed E-state index contributed by atoms with van der Waals surface area (Å²) in [5, 5.41) is 12.6. The average Bonchev–Trinajstić information content (AvgIpc) is 3.07. The van der Waals surface area contributed by atoms with Crippen molar-refractivity contribution in [1.82, 2.24) is 19.7 Å². The molecule has 0 unspecified atom stereocenters. The number of aryl methyl sites for hydroxylation is 1. The summed E-state index contributed by atoms with van der Waals surface area (Å²) in [4.78, 5) is 9.23. The molecule has 6 nitrogen and oxygen atoms in total. The lowest BCUT2D eigenvalue weighted by Crippen LogP contribution is -2.08. The van der Waals surface area contributed by atoms with Crippen molar-refractivity contribution in [3.05, 3.63) is 76.9 Å². The Morgan fingerprint density at radius 3 is 2.52 bits per heavy atom. The third kappa shape index (κ3) is 3.85. The van der Waals surface area contributed by atoms with E-state index in [1.807, 2.05) is 49.5 Å². The summed E-state index contributed by atoms with van der Waals surface area (Å²) in [5.74, 6) is 1.28. The molecule has 0 aliphatic heterocycles. The fourth-order valence-electron chi connectivity index (χ4n) is 2.83. The summed E-state index contributed by atoms with van der Waals surface area (Å²) in [5.41, 5.74) is 2.94. The van der Waals surface area contributed by atoms with Crippen LogP contribution in [0.3, 0.4) is 0 Å². The van der Waals surface area contributed by atoms with Crippen LogP contribution in [0.5, 0.6) is 0 Å². The molecule has 0 bridgehead atoms. The Bertz CT molecular complexity index is 1060. The van der Waals surface area contributed by atoms with Crippen LogP contribution in [-0.2, 0) is 20.1 Å². The summed E-state index contributed by atoms with van der Waals surface area (Å²) in [6.07, 6.45) is 1.78. The van der Waals surface area contributed by atoms with Crippen LogP contribution in [-0.4, -0.2) is 19.7 Å². The van der Waals surface area contributed by atoms with E-state index in [9.17, 15) is 0 Å². The molecule has 2 aromatic carbocycles. The van der Waals surface area contributed by atoms with E-state index < -0.39 is 0 Å². The third-order valence-corrected chi connectivity index (χ3v) is 4.66. The molecule has 2 aromatic heterocycles. The number of anilines is 2. The molecule has 0 saturated heterocycles. The lowest BCUT2D eigenvalue weighted by Gasteiger charge is -2.11. The van der Waals surface area contributed by atoms with Crippen molar-refractivity contribution < 1.29 is 0 Å². The monoisotopic (exact) mass is 378 g/mol. The number of fused-ring (bicyclic) bond motifs is 1. The standard InChI is InChI=1S/C20H19ClN6/c1-27-19-16(13-24-27)18(22-11-14-7-3-2-4-8-14)25-20(26-19)23-12-15-9-5-6-10-17(15)21/h2-10,13H,11-12H2,1H3,(H2,22,23,25,26). The van der Waals surface area contributed by atoms with E-state index in [-0.39, 0.29) is 0 Å². The first kappa shape index (κ1) is 17.3.